The van der Waals surface area contributed by atoms with Crippen LogP contribution in [0.5, 0.6) is 5.75 Å². The minimum Gasteiger partial charge on any atom is -0.486 e. The lowest BCUT2D eigenvalue weighted by molar-refractivity contribution is -0.385. The maximum absolute atomic E-state index is 13.4. The third kappa shape index (κ3) is 3.36. The molecule has 7 heteroatoms. The van der Waals surface area contributed by atoms with Crippen molar-refractivity contribution in [2.75, 3.05) is 6.61 Å². The van der Waals surface area contributed by atoms with Crippen LogP contribution < -0.4 is 10.5 Å². The van der Waals surface area contributed by atoms with Gasteiger partial charge in [0, 0.05) is 5.54 Å². The van der Waals surface area contributed by atoms with E-state index in [0.29, 0.717) is 18.6 Å². The van der Waals surface area contributed by atoms with Gasteiger partial charge < -0.3 is 10.5 Å². The second-order valence-electron chi connectivity index (χ2n) is 4.29. The summed E-state index contributed by atoms with van der Waals surface area (Å²) in [6, 6.07) is 1.22. The Hall–Kier alpha value is -1.76. The molecule has 1 aromatic rings. The monoisotopic (exact) mass is 260 g/mol. The van der Waals surface area contributed by atoms with Gasteiger partial charge in [0.05, 0.1) is 17.1 Å². The van der Waals surface area contributed by atoms with E-state index in [1.807, 2.05) is 6.92 Å². The van der Waals surface area contributed by atoms with Gasteiger partial charge in [-0.05, 0) is 13.3 Å². The maximum atomic E-state index is 13.4. The molecule has 0 amide bonds. The van der Waals surface area contributed by atoms with E-state index in [1.165, 1.54) is 0 Å². The quantitative estimate of drug-likeness (QED) is 0.651. The van der Waals surface area contributed by atoms with E-state index in [1.54, 1.807) is 6.92 Å². The molecule has 1 unspecified atom stereocenters. The van der Waals surface area contributed by atoms with Crippen LogP contribution in [-0.4, -0.2) is 17.1 Å². The summed E-state index contributed by atoms with van der Waals surface area (Å²) in [6.07, 6.45) is 0.559. The number of non-ortho nitro benzene ring substituents is 1. The Balaban J connectivity index is 2.94. The number of ether oxygens (including phenoxy) is 1. The lowest BCUT2D eigenvalue weighted by Gasteiger charge is -2.22. The third-order valence-corrected chi connectivity index (χ3v) is 2.55. The summed E-state index contributed by atoms with van der Waals surface area (Å²) in [4.78, 5) is 9.51. The first kappa shape index (κ1) is 14.3. The van der Waals surface area contributed by atoms with Crippen LogP contribution in [0.25, 0.3) is 0 Å². The number of hydrogen-bond donors (Lipinski definition) is 1. The van der Waals surface area contributed by atoms with Gasteiger partial charge in [0.15, 0.2) is 17.4 Å². The van der Waals surface area contributed by atoms with Crippen molar-refractivity contribution in [3.8, 4) is 5.75 Å². The summed E-state index contributed by atoms with van der Waals surface area (Å²) in [6.45, 7) is 3.40. The minimum atomic E-state index is -1.12. The SMILES string of the molecule is CCC(C)(N)COc1c(F)cc([N+](=O)[O-])cc1F. The number of halogens is 2. The van der Waals surface area contributed by atoms with Gasteiger partial charge in [-0.15, -0.1) is 0 Å². The van der Waals surface area contributed by atoms with Gasteiger partial charge in [-0.2, -0.15) is 0 Å². The van der Waals surface area contributed by atoms with Crippen molar-refractivity contribution in [3.63, 3.8) is 0 Å². The van der Waals surface area contributed by atoms with E-state index < -0.39 is 33.5 Å². The molecular weight excluding hydrogens is 246 g/mol. The van der Waals surface area contributed by atoms with Crippen LogP contribution in [-0.2, 0) is 0 Å². The Bertz CT molecular complexity index is 441. The zero-order valence-corrected chi connectivity index (χ0v) is 10.1. The second kappa shape index (κ2) is 5.26. The van der Waals surface area contributed by atoms with Gasteiger partial charge in [0.2, 0.25) is 0 Å². The van der Waals surface area contributed by atoms with Gasteiger partial charge in [-0.1, -0.05) is 6.92 Å². The van der Waals surface area contributed by atoms with Crippen LogP contribution in [0.1, 0.15) is 20.3 Å². The smallest absolute Gasteiger partial charge is 0.275 e. The number of rotatable bonds is 5. The fourth-order valence-electron chi connectivity index (χ4n) is 1.13. The molecule has 0 radical (unpaired) electrons. The Morgan fingerprint density at radius 3 is 2.33 bits per heavy atom. The molecule has 1 rings (SSSR count). The summed E-state index contributed by atoms with van der Waals surface area (Å²) in [5.74, 6) is -2.88. The first-order valence-corrected chi connectivity index (χ1v) is 5.32. The molecule has 0 aromatic heterocycles. The van der Waals surface area contributed by atoms with Crippen LogP contribution in [0, 0.1) is 21.7 Å². The van der Waals surface area contributed by atoms with Crippen LogP contribution in [0.2, 0.25) is 0 Å². The van der Waals surface area contributed by atoms with Crippen molar-refractivity contribution in [2.24, 2.45) is 5.73 Å². The zero-order valence-electron chi connectivity index (χ0n) is 10.1. The lowest BCUT2D eigenvalue weighted by Crippen LogP contribution is -2.41. The third-order valence-electron chi connectivity index (χ3n) is 2.55. The normalized spacial score (nSPS) is 14.1. The highest BCUT2D eigenvalue weighted by Crippen LogP contribution is 2.27. The number of nitro benzene ring substituents is 1. The standard InChI is InChI=1S/C11H14F2N2O3/c1-3-11(2,14)6-18-10-8(12)4-7(15(16)17)5-9(10)13/h4-5H,3,6,14H2,1-2H3. The second-order valence-corrected chi connectivity index (χ2v) is 4.29. The Labute approximate surface area is 103 Å². The summed E-state index contributed by atoms with van der Waals surface area (Å²) in [7, 11) is 0. The molecule has 0 aliphatic rings. The molecule has 0 heterocycles. The number of hydrogen-bond acceptors (Lipinski definition) is 4. The van der Waals surface area contributed by atoms with E-state index in [-0.39, 0.29) is 6.61 Å². The molecular formula is C11H14F2N2O3. The molecule has 18 heavy (non-hydrogen) atoms. The highest BCUT2D eigenvalue weighted by Gasteiger charge is 2.22. The molecule has 100 valence electrons. The minimum absolute atomic E-state index is 0.0881. The van der Waals surface area contributed by atoms with Gasteiger partial charge in [-0.25, -0.2) is 8.78 Å². The number of nitrogens with two attached hydrogens (primary N) is 1. The Morgan fingerprint density at radius 2 is 1.94 bits per heavy atom. The van der Waals surface area contributed by atoms with Gasteiger partial charge >= 0.3 is 0 Å². The molecule has 1 aromatic carbocycles. The largest absolute Gasteiger partial charge is 0.486 e. The van der Waals surface area contributed by atoms with Crippen molar-refractivity contribution in [3.05, 3.63) is 33.9 Å². The van der Waals surface area contributed by atoms with E-state index in [2.05, 4.69) is 0 Å². The molecule has 0 fully saturated rings. The molecule has 1 atom stereocenters. The first-order valence-electron chi connectivity index (χ1n) is 5.32. The van der Waals surface area contributed by atoms with Gasteiger partial charge in [0.25, 0.3) is 5.69 Å². The molecule has 0 aliphatic heterocycles. The number of nitrogens with zero attached hydrogens (tertiary/aromatic N) is 1. The van der Waals surface area contributed by atoms with Crippen LogP contribution in [0.15, 0.2) is 12.1 Å². The molecule has 0 bridgehead atoms. The molecule has 0 aliphatic carbocycles. The van der Waals surface area contributed by atoms with Crippen molar-refractivity contribution in [1.82, 2.24) is 0 Å². The number of benzene rings is 1. The van der Waals surface area contributed by atoms with Gasteiger partial charge in [-0.3, -0.25) is 10.1 Å². The summed E-state index contributed by atoms with van der Waals surface area (Å²) < 4.78 is 31.8. The number of nitro groups is 1. The maximum Gasteiger partial charge on any atom is 0.275 e. The van der Waals surface area contributed by atoms with E-state index in [4.69, 9.17) is 10.5 Å². The highest BCUT2D eigenvalue weighted by atomic mass is 19.1. The van der Waals surface area contributed by atoms with Gasteiger partial charge in [0.1, 0.15) is 6.61 Å². The van der Waals surface area contributed by atoms with Crippen LogP contribution in [0.4, 0.5) is 14.5 Å². The zero-order chi connectivity index (χ0) is 13.9. The van der Waals surface area contributed by atoms with E-state index >= 15 is 0 Å². The van der Waals surface area contributed by atoms with E-state index in [0.717, 1.165) is 0 Å². The molecule has 0 saturated heterocycles. The topological polar surface area (TPSA) is 78.4 Å². The van der Waals surface area contributed by atoms with Crippen molar-refractivity contribution in [2.45, 2.75) is 25.8 Å². The lowest BCUT2D eigenvalue weighted by atomic mass is 10.0. The highest BCUT2D eigenvalue weighted by molar-refractivity contribution is 5.39. The summed E-state index contributed by atoms with van der Waals surface area (Å²) >= 11 is 0. The predicted molar refractivity (Wildman–Crippen MR) is 61.4 cm³/mol. The van der Waals surface area contributed by atoms with Crippen LogP contribution >= 0.6 is 0 Å². The molecule has 0 spiro atoms. The van der Waals surface area contributed by atoms with Crippen molar-refractivity contribution >= 4 is 5.69 Å². The van der Waals surface area contributed by atoms with Crippen molar-refractivity contribution < 1.29 is 18.4 Å². The fraction of sp³-hybridized carbons (Fsp3) is 0.455. The molecule has 2 N–H and O–H groups in total. The molecule has 0 saturated carbocycles. The summed E-state index contributed by atoms with van der Waals surface area (Å²) in [5, 5.41) is 10.4. The Morgan fingerprint density at radius 1 is 1.44 bits per heavy atom. The average molecular weight is 260 g/mol. The average Bonchev–Trinajstić information content (AvgIpc) is 2.27. The fourth-order valence-corrected chi connectivity index (χ4v) is 1.13. The molecule has 5 nitrogen and oxygen atoms in total. The van der Waals surface area contributed by atoms with Crippen LogP contribution in [0.3, 0.4) is 0 Å². The predicted octanol–water partition coefficient (Wildman–Crippen LogP) is 2.38. The van der Waals surface area contributed by atoms with Crippen molar-refractivity contribution in [1.29, 1.82) is 0 Å². The first-order chi connectivity index (χ1) is 8.26. The Kier molecular flexibility index (Phi) is 4.18. The summed E-state index contributed by atoms with van der Waals surface area (Å²) in [5.41, 5.74) is 4.38. The van der Waals surface area contributed by atoms with E-state index in [9.17, 15) is 18.9 Å².